The minimum atomic E-state index is -4.40. The Hall–Kier alpha value is -2.33. The number of ether oxygens (including phenoxy) is 3. The highest BCUT2D eigenvalue weighted by atomic mass is 31.2. The second-order valence-electron chi connectivity index (χ2n) is 15.3. The van der Waals surface area contributed by atoms with Gasteiger partial charge in [0.25, 0.3) is 0 Å². The first-order valence-corrected chi connectivity index (χ1v) is 24.4. The number of epoxide rings is 1. The van der Waals surface area contributed by atoms with E-state index in [-0.39, 0.29) is 32.6 Å². The van der Waals surface area contributed by atoms with Gasteiger partial charge in [-0.1, -0.05) is 152 Å². The number of hydrogen-bond donors (Lipinski definition) is 2. The highest BCUT2D eigenvalue weighted by Gasteiger charge is 2.36. The molecule has 11 heteroatoms. The van der Waals surface area contributed by atoms with Gasteiger partial charge in [0.2, 0.25) is 0 Å². The zero-order valence-electron chi connectivity index (χ0n) is 36.5. The molecule has 0 bridgehead atoms. The monoisotopic (exact) mass is 836 g/mol. The highest BCUT2D eigenvalue weighted by Crippen LogP contribution is 2.43. The van der Waals surface area contributed by atoms with Crippen molar-refractivity contribution < 1.29 is 42.3 Å². The van der Waals surface area contributed by atoms with E-state index >= 15 is 0 Å². The Morgan fingerprint density at radius 2 is 1.14 bits per heavy atom. The van der Waals surface area contributed by atoms with Gasteiger partial charge in [0.15, 0.2) is 6.10 Å². The third-order valence-corrected chi connectivity index (χ3v) is 10.8. The van der Waals surface area contributed by atoms with E-state index in [1.54, 1.807) is 0 Å². The number of phosphoric ester groups is 1. The average Bonchev–Trinajstić information content (AvgIpc) is 3.97. The molecule has 0 aliphatic carbocycles. The van der Waals surface area contributed by atoms with Crippen molar-refractivity contribution in [1.82, 2.24) is 0 Å². The number of allylic oxidation sites excluding steroid dienone is 9. The fourth-order valence-corrected chi connectivity index (χ4v) is 7.05. The fraction of sp³-hybridized carbons (Fsp3) is 0.745. The maximum Gasteiger partial charge on any atom is 0.472 e. The molecular formula is C47H82NO9P. The Kier molecular flexibility index (Phi) is 36.0. The molecule has 0 aromatic carbocycles. The third-order valence-electron chi connectivity index (χ3n) is 9.80. The molecule has 0 radical (unpaired) electrons. The highest BCUT2D eigenvalue weighted by molar-refractivity contribution is 7.47. The van der Waals surface area contributed by atoms with Crippen LogP contribution in [0.25, 0.3) is 0 Å². The van der Waals surface area contributed by atoms with E-state index in [2.05, 4.69) is 68.5 Å². The summed E-state index contributed by atoms with van der Waals surface area (Å²) in [7, 11) is -4.40. The Morgan fingerprint density at radius 3 is 1.76 bits per heavy atom. The molecule has 10 nitrogen and oxygen atoms in total. The topological polar surface area (TPSA) is 147 Å². The summed E-state index contributed by atoms with van der Waals surface area (Å²) in [4.78, 5) is 34.9. The zero-order chi connectivity index (χ0) is 42.2. The van der Waals surface area contributed by atoms with Crippen molar-refractivity contribution in [2.24, 2.45) is 5.73 Å². The van der Waals surface area contributed by atoms with Gasteiger partial charge in [-0.25, -0.2) is 4.57 Å². The quantitative estimate of drug-likeness (QED) is 0.0200. The third kappa shape index (κ3) is 35.6. The lowest BCUT2D eigenvalue weighted by atomic mass is 10.1. The second-order valence-corrected chi connectivity index (χ2v) is 16.8. The first-order chi connectivity index (χ1) is 28.3. The number of hydrogen-bond acceptors (Lipinski definition) is 9. The molecule has 1 rings (SSSR count). The molecule has 0 amide bonds. The molecule has 0 aromatic heterocycles. The van der Waals surface area contributed by atoms with Gasteiger partial charge in [0.05, 0.1) is 25.4 Å². The summed E-state index contributed by atoms with van der Waals surface area (Å²) in [6.07, 6.45) is 48.6. The minimum absolute atomic E-state index is 0.0412. The van der Waals surface area contributed by atoms with Crippen molar-refractivity contribution in [2.75, 3.05) is 26.4 Å². The number of unbranched alkanes of at least 4 members (excludes halogenated alkanes) is 15. The van der Waals surface area contributed by atoms with Crippen molar-refractivity contribution in [3.63, 3.8) is 0 Å². The first-order valence-electron chi connectivity index (χ1n) is 22.9. The van der Waals surface area contributed by atoms with Crippen LogP contribution in [0.5, 0.6) is 0 Å². The van der Waals surface area contributed by atoms with E-state index in [1.165, 1.54) is 83.5 Å². The second kappa shape index (κ2) is 38.8. The van der Waals surface area contributed by atoms with Crippen LogP contribution in [0, 0.1) is 0 Å². The van der Waals surface area contributed by atoms with Crippen molar-refractivity contribution in [3.8, 4) is 0 Å². The lowest BCUT2D eigenvalue weighted by molar-refractivity contribution is -0.161. The Labute approximate surface area is 353 Å². The average molecular weight is 836 g/mol. The molecule has 0 aromatic rings. The Balaban J connectivity index is 2.19. The predicted octanol–water partition coefficient (Wildman–Crippen LogP) is 12.3. The SMILES string of the molecule is CCCCC/C=C\C/C=C\CCCCCCCCCCCC(=O)O[C@H](COC(=O)CCC/C=C\C/C=C\C/C=C\CC1OC1CCCCC)COP(=O)(O)OCCN. The standard InChI is InChI=1S/C47H82NO9P/c1-3-5-7-8-9-10-11-12-13-14-15-16-17-18-19-24-27-30-34-38-47(50)56-43(42-55-58(51,52)54-40-39-48)41-53-46(49)37-33-29-26-23-21-20-22-25-28-32-36-45-44(57-45)35-31-6-4-2/h9-10,12-13,20,22-23,26,28,32,43-45H,3-8,11,14-19,21,24-25,27,29-31,33-42,48H2,1-2H3,(H,51,52)/b10-9-,13-12-,22-20-,26-23-,32-28-/t43-,44?,45?/m1/s1. The molecule has 1 heterocycles. The van der Waals surface area contributed by atoms with E-state index in [1.807, 2.05) is 6.08 Å². The lowest BCUT2D eigenvalue weighted by Crippen LogP contribution is -2.29. The Bertz CT molecular complexity index is 1200. The van der Waals surface area contributed by atoms with E-state index in [4.69, 9.17) is 29.0 Å². The number of carbonyl (C=O) groups excluding carboxylic acids is 2. The molecule has 1 saturated heterocycles. The first kappa shape index (κ1) is 53.7. The van der Waals surface area contributed by atoms with Crippen molar-refractivity contribution in [2.45, 2.75) is 199 Å². The van der Waals surface area contributed by atoms with Crippen LogP contribution in [0.3, 0.4) is 0 Å². The fourth-order valence-electron chi connectivity index (χ4n) is 6.28. The van der Waals surface area contributed by atoms with Crippen molar-refractivity contribution in [1.29, 1.82) is 0 Å². The molecule has 1 fully saturated rings. The molecule has 0 saturated carbocycles. The van der Waals surface area contributed by atoms with Crippen LogP contribution in [-0.4, -0.2) is 61.5 Å². The van der Waals surface area contributed by atoms with Gasteiger partial charge in [-0.2, -0.15) is 0 Å². The zero-order valence-corrected chi connectivity index (χ0v) is 37.4. The van der Waals surface area contributed by atoms with Crippen LogP contribution in [0.2, 0.25) is 0 Å². The molecule has 0 spiro atoms. The molecule has 334 valence electrons. The lowest BCUT2D eigenvalue weighted by Gasteiger charge is -2.19. The van der Waals surface area contributed by atoms with Crippen LogP contribution in [0.15, 0.2) is 60.8 Å². The van der Waals surface area contributed by atoms with Crippen molar-refractivity contribution >= 4 is 19.8 Å². The van der Waals surface area contributed by atoms with Crippen LogP contribution in [0.4, 0.5) is 0 Å². The van der Waals surface area contributed by atoms with Gasteiger partial charge < -0.3 is 24.8 Å². The van der Waals surface area contributed by atoms with E-state index in [0.29, 0.717) is 25.0 Å². The van der Waals surface area contributed by atoms with Gasteiger partial charge >= 0.3 is 19.8 Å². The predicted molar refractivity (Wildman–Crippen MR) is 237 cm³/mol. The smallest absolute Gasteiger partial charge is 0.462 e. The number of esters is 2. The number of carbonyl (C=O) groups is 2. The summed E-state index contributed by atoms with van der Waals surface area (Å²) >= 11 is 0. The molecule has 1 aliphatic heterocycles. The van der Waals surface area contributed by atoms with Gasteiger partial charge in [-0.3, -0.25) is 18.6 Å². The van der Waals surface area contributed by atoms with Gasteiger partial charge in [0.1, 0.15) is 6.61 Å². The molecule has 58 heavy (non-hydrogen) atoms. The minimum Gasteiger partial charge on any atom is -0.462 e. The Morgan fingerprint density at radius 1 is 0.621 bits per heavy atom. The normalized spacial score (nSPS) is 17.3. The number of rotatable bonds is 41. The van der Waals surface area contributed by atoms with Crippen LogP contribution >= 0.6 is 7.82 Å². The van der Waals surface area contributed by atoms with Gasteiger partial charge in [-0.05, 0) is 77.0 Å². The summed E-state index contributed by atoms with van der Waals surface area (Å²) in [6, 6.07) is 0. The van der Waals surface area contributed by atoms with E-state index in [9.17, 15) is 19.0 Å². The van der Waals surface area contributed by atoms with Crippen LogP contribution in [0.1, 0.15) is 181 Å². The van der Waals surface area contributed by atoms with Gasteiger partial charge in [-0.15, -0.1) is 0 Å². The summed E-state index contributed by atoms with van der Waals surface area (Å²) in [5.74, 6) is -0.906. The maximum absolute atomic E-state index is 12.6. The number of phosphoric acid groups is 1. The summed E-state index contributed by atoms with van der Waals surface area (Å²) in [6.45, 7) is 3.60. The maximum atomic E-state index is 12.6. The largest absolute Gasteiger partial charge is 0.472 e. The van der Waals surface area contributed by atoms with Gasteiger partial charge in [0, 0.05) is 19.4 Å². The van der Waals surface area contributed by atoms with Crippen molar-refractivity contribution in [3.05, 3.63) is 60.8 Å². The molecule has 1 aliphatic rings. The molecule has 3 unspecified atom stereocenters. The summed E-state index contributed by atoms with van der Waals surface area (Å²) < 4.78 is 38.5. The van der Waals surface area contributed by atoms with E-state index < -0.39 is 32.5 Å². The molecule has 3 N–H and O–H groups in total. The number of nitrogens with two attached hydrogens (primary N) is 1. The summed E-state index contributed by atoms with van der Waals surface area (Å²) in [5, 5.41) is 0. The van der Waals surface area contributed by atoms with Crippen LogP contribution < -0.4 is 5.73 Å². The molecular weight excluding hydrogens is 753 g/mol. The van der Waals surface area contributed by atoms with E-state index in [0.717, 1.165) is 57.8 Å². The molecule has 4 atom stereocenters. The summed E-state index contributed by atoms with van der Waals surface area (Å²) in [5.41, 5.74) is 5.35. The van der Waals surface area contributed by atoms with Crippen LogP contribution in [-0.2, 0) is 37.4 Å².